The maximum Gasteiger partial charge on any atom is 0.0565 e. The van der Waals surface area contributed by atoms with Crippen LogP contribution in [0.3, 0.4) is 0 Å². The molecule has 4 aromatic carbocycles. The van der Waals surface area contributed by atoms with Crippen LogP contribution < -0.4 is 5.32 Å². The van der Waals surface area contributed by atoms with Crippen molar-refractivity contribution in [1.29, 1.82) is 0 Å². The number of thiophene rings is 1. The Labute approximate surface area is 202 Å². The van der Waals surface area contributed by atoms with E-state index in [-0.39, 0.29) is 5.54 Å². The van der Waals surface area contributed by atoms with Gasteiger partial charge in [-0.2, -0.15) is 0 Å². The number of nitrogens with zero attached hydrogens (tertiary/aromatic N) is 1. The molecule has 1 unspecified atom stereocenters. The molecule has 34 heavy (non-hydrogen) atoms. The molecular formula is C31H24N2S. The molecule has 1 atom stereocenters. The fraction of sp³-hybridized carbons (Fsp3) is 0.0968. The molecule has 0 fully saturated rings. The molecule has 6 aromatic rings. The summed E-state index contributed by atoms with van der Waals surface area (Å²) in [6.45, 7) is 2.25. The van der Waals surface area contributed by atoms with Crippen LogP contribution in [0.5, 0.6) is 0 Å². The van der Waals surface area contributed by atoms with Gasteiger partial charge in [-0.15, -0.1) is 11.3 Å². The molecule has 2 aromatic heterocycles. The number of anilines is 1. The summed E-state index contributed by atoms with van der Waals surface area (Å²) in [5, 5.41) is 9.11. The second kappa shape index (κ2) is 7.34. The van der Waals surface area contributed by atoms with Gasteiger partial charge >= 0.3 is 0 Å². The van der Waals surface area contributed by atoms with E-state index in [4.69, 9.17) is 0 Å². The lowest BCUT2D eigenvalue weighted by molar-refractivity contribution is 0.641. The number of fused-ring (bicyclic) bond motifs is 7. The second-order valence-corrected chi connectivity index (χ2v) is 10.4. The highest BCUT2D eigenvalue weighted by atomic mass is 32.1. The molecule has 164 valence electrons. The van der Waals surface area contributed by atoms with Gasteiger partial charge in [0, 0.05) is 42.3 Å². The average Bonchev–Trinajstić information content (AvgIpc) is 3.40. The van der Waals surface area contributed by atoms with Crippen molar-refractivity contribution in [3.8, 4) is 5.69 Å². The Kier molecular flexibility index (Phi) is 4.24. The zero-order valence-corrected chi connectivity index (χ0v) is 19.8. The second-order valence-electron chi connectivity index (χ2n) is 9.37. The average molecular weight is 457 g/mol. The third-order valence-corrected chi connectivity index (χ3v) is 8.18. The molecule has 1 aliphatic carbocycles. The normalized spacial score (nSPS) is 17.9. The number of allylic oxidation sites excluding steroid dienone is 2. The monoisotopic (exact) mass is 456 g/mol. The summed E-state index contributed by atoms with van der Waals surface area (Å²) < 4.78 is 5.12. The van der Waals surface area contributed by atoms with Crippen molar-refractivity contribution in [3.05, 3.63) is 109 Å². The molecule has 0 bridgehead atoms. The lowest BCUT2D eigenvalue weighted by Gasteiger charge is -2.29. The molecule has 0 spiro atoms. The van der Waals surface area contributed by atoms with E-state index in [1.807, 2.05) is 11.3 Å². The Morgan fingerprint density at radius 3 is 2.47 bits per heavy atom. The molecule has 2 heterocycles. The van der Waals surface area contributed by atoms with Gasteiger partial charge in [0.25, 0.3) is 0 Å². The van der Waals surface area contributed by atoms with Crippen molar-refractivity contribution in [1.82, 2.24) is 4.57 Å². The third kappa shape index (κ3) is 2.94. The Morgan fingerprint density at radius 1 is 0.794 bits per heavy atom. The number of benzene rings is 4. The van der Waals surface area contributed by atoms with Crippen LogP contribution in [-0.4, -0.2) is 10.1 Å². The Hall–Kier alpha value is -3.82. The highest BCUT2D eigenvalue weighted by Gasteiger charge is 2.22. The minimum absolute atomic E-state index is 0.0786. The summed E-state index contributed by atoms with van der Waals surface area (Å²) in [6.07, 6.45) is 9.71. The van der Waals surface area contributed by atoms with Gasteiger partial charge in [0.2, 0.25) is 0 Å². The quantitative estimate of drug-likeness (QED) is 0.281. The van der Waals surface area contributed by atoms with E-state index >= 15 is 0 Å². The summed E-state index contributed by atoms with van der Waals surface area (Å²) in [6, 6.07) is 30.9. The number of hydrogen-bond donors (Lipinski definition) is 1. The molecule has 0 saturated heterocycles. The van der Waals surface area contributed by atoms with Gasteiger partial charge in [-0.25, -0.2) is 0 Å². The fourth-order valence-electron chi connectivity index (χ4n) is 5.37. The fourth-order valence-corrected chi connectivity index (χ4v) is 6.62. The van der Waals surface area contributed by atoms with E-state index in [9.17, 15) is 0 Å². The van der Waals surface area contributed by atoms with E-state index in [2.05, 4.69) is 126 Å². The van der Waals surface area contributed by atoms with Crippen molar-refractivity contribution < 1.29 is 0 Å². The summed E-state index contributed by atoms with van der Waals surface area (Å²) in [5.74, 6) is 0. The molecule has 0 radical (unpaired) electrons. The Morgan fingerprint density at radius 2 is 1.62 bits per heavy atom. The summed E-state index contributed by atoms with van der Waals surface area (Å²) >= 11 is 1.90. The van der Waals surface area contributed by atoms with Crippen molar-refractivity contribution >= 4 is 59.0 Å². The van der Waals surface area contributed by atoms with Gasteiger partial charge < -0.3 is 9.88 Å². The summed E-state index contributed by atoms with van der Waals surface area (Å²) in [5.41, 5.74) is 4.73. The predicted molar refractivity (Wildman–Crippen MR) is 149 cm³/mol. The Bertz CT molecular complexity index is 1770. The maximum absolute atomic E-state index is 3.78. The van der Waals surface area contributed by atoms with Crippen molar-refractivity contribution in [3.63, 3.8) is 0 Å². The first-order valence-corrected chi connectivity index (χ1v) is 12.6. The third-order valence-electron chi connectivity index (χ3n) is 6.97. The van der Waals surface area contributed by atoms with Crippen LogP contribution in [0, 0.1) is 0 Å². The van der Waals surface area contributed by atoms with E-state index in [1.165, 1.54) is 47.7 Å². The topological polar surface area (TPSA) is 17.0 Å². The number of rotatable bonds is 3. The van der Waals surface area contributed by atoms with Gasteiger partial charge in [-0.05, 0) is 49.7 Å². The number of aromatic nitrogens is 1. The highest BCUT2D eigenvalue weighted by Crippen LogP contribution is 2.43. The molecule has 7 rings (SSSR count). The standard InChI is InChI=1S/C31H24N2S/c1-31(18-8-3-9-19-31)32-21-14-15-25-27(20-21)33(22-10-4-2-5-11-22)26-17-16-24-23-12-6-7-13-28(23)34-30(24)29(25)26/h2-18,20,32H,19H2,1H3. The van der Waals surface area contributed by atoms with Crippen LogP contribution in [0.25, 0.3) is 47.7 Å². The highest BCUT2D eigenvalue weighted by molar-refractivity contribution is 7.26. The zero-order valence-electron chi connectivity index (χ0n) is 19.0. The Balaban J connectivity index is 1.54. The number of hydrogen-bond acceptors (Lipinski definition) is 2. The van der Waals surface area contributed by atoms with E-state index < -0.39 is 0 Å². The molecular weight excluding hydrogens is 432 g/mol. The maximum atomic E-state index is 3.78. The van der Waals surface area contributed by atoms with Crippen LogP contribution in [0.2, 0.25) is 0 Å². The molecule has 3 heteroatoms. The van der Waals surface area contributed by atoms with Gasteiger partial charge in [-0.1, -0.05) is 72.8 Å². The molecule has 0 aliphatic heterocycles. The van der Waals surface area contributed by atoms with Gasteiger partial charge in [0.1, 0.15) is 0 Å². The van der Waals surface area contributed by atoms with Gasteiger partial charge in [0.15, 0.2) is 0 Å². The molecule has 0 saturated carbocycles. The SMILES string of the molecule is CC1(Nc2ccc3c4c5sc6ccccc6c5ccc4n(-c4ccccc4)c3c2)C=CC=CC1. The first-order chi connectivity index (χ1) is 16.7. The molecule has 1 N–H and O–H groups in total. The lowest BCUT2D eigenvalue weighted by Crippen LogP contribution is -2.32. The summed E-state index contributed by atoms with van der Waals surface area (Å²) in [7, 11) is 0. The first kappa shape index (κ1) is 19.6. The molecule has 0 amide bonds. The lowest BCUT2D eigenvalue weighted by atomic mass is 9.93. The van der Waals surface area contributed by atoms with E-state index in [0.29, 0.717) is 0 Å². The van der Waals surface area contributed by atoms with Crippen LogP contribution in [0.1, 0.15) is 13.3 Å². The number of para-hydroxylation sites is 1. The largest absolute Gasteiger partial charge is 0.376 e. The summed E-state index contributed by atoms with van der Waals surface area (Å²) in [4.78, 5) is 0. The predicted octanol–water partition coefficient (Wildman–Crippen LogP) is 8.84. The van der Waals surface area contributed by atoms with Crippen LogP contribution in [0.15, 0.2) is 109 Å². The first-order valence-electron chi connectivity index (χ1n) is 11.8. The minimum Gasteiger partial charge on any atom is -0.376 e. The zero-order chi connectivity index (χ0) is 22.7. The smallest absolute Gasteiger partial charge is 0.0565 e. The minimum atomic E-state index is -0.0786. The van der Waals surface area contributed by atoms with Crippen molar-refractivity contribution in [2.75, 3.05) is 5.32 Å². The van der Waals surface area contributed by atoms with E-state index in [0.717, 1.165) is 12.1 Å². The van der Waals surface area contributed by atoms with Crippen LogP contribution in [-0.2, 0) is 0 Å². The molecule has 2 nitrogen and oxygen atoms in total. The van der Waals surface area contributed by atoms with Crippen LogP contribution >= 0.6 is 11.3 Å². The van der Waals surface area contributed by atoms with Gasteiger partial charge in [-0.3, -0.25) is 0 Å². The number of nitrogens with one attached hydrogen (secondary N) is 1. The van der Waals surface area contributed by atoms with Gasteiger partial charge in [0.05, 0.1) is 16.6 Å². The van der Waals surface area contributed by atoms with Crippen LogP contribution in [0.4, 0.5) is 5.69 Å². The van der Waals surface area contributed by atoms with E-state index in [1.54, 1.807) is 0 Å². The molecule has 1 aliphatic rings. The van der Waals surface area contributed by atoms with Crippen molar-refractivity contribution in [2.45, 2.75) is 18.9 Å². The van der Waals surface area contributed by atoms with Crippen molar-refractivity contribution in [2.24, 2.45) is 0 Å².